The first-order chi connectivity index (χ1) is 40.0. The van der Waals surface area contributed by atoms with Gasteiger partial charge >= 0.3 is 10.4 Å². The number of unbranched alkanes of at least 4 members (excludes halogenated alkanes) is 50. The summed E-state index contributed by atoms with van der Waals surface area (Å²) in [7, 11) is -5.08. The molecule has 13 heteroatoms. The summed E-state index contributed by atoms with van der Waals surface area (Å²) in [5.41, 5.74) is 0. The number of hydrogen-bond acceptors (Lipinski definition) is 10. The van der Waals surface area contributed by atoms with E-state index in [0.717, 1.165) is 51.4 Å². The number of aliphatic hydroxyl groups is 4. The van der Waals surface area contributed by atoms with E-state index < -0.39 is 59.9 Å². The molecule has 1 saturated heterocycles. The van der Waals surface area contributed by atoms with E-state index in [1.807, 2.05) is 0 Å². The molecule has 0 aromatic rings. The summed E-state index contributed by atoms with van der Waals surface area (Å²) in [5.74, 6) is -0.221. The van der Waals surface area contributed by atoms with Gasteiger partial charge in [-0.15, -0.1) is 0 Å². The van der Waals surface area contributed by atoms with Crippen molar-refractivity contribution in [2.24, 2.45) is 0 Å². The van der Waals surface area contributed by atoms with Crippen LogP contribution in [0.2, 0.25) is 0 Å². The summed E-state index contributed by atoms with van der Waals surface area (Å²) in [6, 6.07) is -0.857. The Hall–Kier alpha value is -1.16. The van der Waals surface area contributed by atoms with E-state index in [-0.39, 0.29) is 12.5 Å². The molecule has 7 unspecified atom stereocenters. The summed E-state index contributed by atoms with van der Waals surface area (Å²) in [4.78, 5) is 13.2. The lowest BCUT2D eigenvalue weighted by molar-refractivity contribution is -0.298. The monoisotopic (exact) mass is 1190 g/mol. The van der Waals surface area contributed by atoms with Crippen LogP contribution in [0.5, 0.6) is 0 Å². The van der Waals surface area contributed by atoms with E-state index >= 15 is 0 Å². The number of hydrogen-bond donors (Lipinski definition) is 6. The minimum atomic E-state index is -5.08. The van der Waals surface area contributed by atoms with Crippen molar-refractivity contribution in [2.75, 3.05) is 13.2 Å². The van der Waals surface area contributed by atoms with Crippen molar-refractivity contribution < 1.29 is 51.8 Å². The second-order valence-corrected chi connectivity index (χ2v) is 26.2. The van der Waals surface area contributed by atoms with E-state index in [1.165, 1.54) is 289 Å². The third-order valence-corrected chi connectivity index (χ3v) is 17.8. The smallest absolute Gasteiger partial charge is 0.394 e. The molecule has 488 valence electrons. The maximum Gasteiger partial charge on any atom is 0.397 e. The standard InChI is InChI=1S/C69H135NO11S/c1-3-5-7-9-11-13-15-17-19-21-23-25-27-29-30-31-32-33-34-35-37-39-41-43-45-47-49-51-53-55-57-59-65(73)70-62(61-79-69-67(75)68(81-82(76,77)78)66(74)64(60-71)80-69)63(72)58-56-54-52-50-48-46-44-42-40-38-36-28-26-24-22-20-18-16-14-12-10-8-6-4-2/h29-30,62-64,66-69,71-72,74-75H,3-28,31-61H2,1-2H3,(H,70,73)(H,76,77,78)/b30-29-. The maximum absolute atomic E-state index is 13.2. The summed E-state index contributed by atoms with van der Waals surface area (Å²) < 4.78 is 48.1. The minimum Gasteiger partial charge on any atom is -0.394 e. The summed E-state index contributed by atoms with van der Waals surface area (Å²) in [6.45, 7) is 3.53. The molecule has 1 amide bonds. The van der Waals surface area contributed by atoms with Crippen molar-refractivity contribution in [3.05, 3.63) is 12.2 Å². The van der Waals surface area contributed by atoms with Crippen molar-refractivity contribution in [2.45, 2.75) is 410 Å². The van der Waals surface area contributed by atoms with Gasteiger partial charge < -0.3 is 35.2 Å². The van der Waals surface area contributed by atoms with Gasteiger partial charge in [-0.2, -0.15) is 8.42 Å². The topological polar surface area (TPSA) is 192 Å². The predicted octanol–water partition coefficient (Wildman–Crippen LogP) is 18.5. The highest BCUT2D eigenvalue weighted by atomic mass is 32.3. The molecule has 0 aromatic heterocycles. The first-order valence-corrected chi connectivity index (χ1v) is 36.9. The number of nitrogens with one attached hydrogen (secondary N) is 1. The molecule has 12 nitrogen and oxygen atoms in total. The number of amides is 1. The van der Waals surface area contributed by atoms with Crippen molar-refractivity contribution in [3.8, 4) is 0 Å². The van der Waals surface area contributed by atoms with Crippen LogP contribution in [0.1, 0.15) is 367 Å². The van der Waals surface area contributed by atoms with Crippen LogP contribution in [0.15, 0.2) is 12.2 Å². The van der Waals surface area contributed by atoms with E-state index in [4.69, 9.17) is 9.47 Å². The van der Waals surface area contributed by atoms with Gasteiger partial charge in [-0.1, -0.05) is 334 Å². The van der Waals surface area contributed by atoms with E-state index in [1.54, 1.807) is 0 Å². The molecule has 0 bridgehead atoms. The molecule has 1 rings (SSSR count). The highest BCUT2D eigenvalue weighted by Crippen LogP contribution is 2.27. The number of carbonyl (C=O) groups is 1. The number of ether oxygens (including phenoxy) is 2. The molecular formula is C69H135NO11S. The normalized spacial score (nSPS) is 18.5. The SMILES string of the molecule is CCCCCCCCCCCCCC/C=C\CCCCCCCCCCCCCCCCCC(=O)NC(COC1OC(CO)C(O)C(OS(=O)(=O)O)C1O)C(O)CCCCCCCCCCCCCCCCCCCCCCCCCC. The van der Waals surface area contributed by atoms with Crippen LogP contribution in [0.3, 0.4) is 0 Å². The Labute approximate surface area is 506 Å². The molecule has 0 aromatic carbocycles. The van der Waals surface area contributed by atoms with Crippen LogP contribution >= 0.6 is 0 Å². The number of aliphatic hydroxyl groups excluding tert-OH is 4. The molecule has 7 atom stereocenters. The Morgan fingerprint density at radius 3 is 1.10 bits per heavy atom. The van der Waals surface area contributed by atoms with Crippen LogP contribution in [0.25, 0.3) is 0 Å². The Morgan fingerprint density at radius 2 is 0.780 bits per heavy atom. The fourth-order valence-corrected chi connectivity index (χ4v) is 12.4. The zero-order valence-electron chi connectivity index (χ0n) is 53.6. The lowest BCUT2D eigenvalue weighted by atomic mass is 9.99. The lowest BCUT2D eigenvalue weighted by Crippen LogP contribution is -2.61. The fraction of sp³-hybridized carbons (Fsp3) is 0.957. The second kappa shape index (κ2) is 58.8. The van der Waals surface area contributed by atoms with Gasteiger partial charge in [-0.25, -0.2) is 4.18 Å². The van der Waals surface area contributed by atoms with Crippen LogP contribution in [0.4, 0.5) is 0 Å². The molecule has 82 heavy (non-hydrogen) atoms. The van der Waals surface area contributed by atoms with E-state index in [0.29, 0.717) is 12.8 Å². The second-order valence-electron chi connectivity index (χ2n) is 25.2. The molecule has 0 radical (unpaired) electrons. The molecule has 0 saturated carbocycles. The largest absolute Gasteiger partial charge is 0.397 e. The summed E-state index contributed by atoms with van der Waals surface area (Å²) in [5, 5.41) is 45.4. The first-order valence-electron chi connectivity index (χ1n) is 35.6. The Kier molecular flexibility index (Phi) is 56.6. The molecule has 1 aliphatic heterocycles. The van der Waals surface area contributed by atoms with Gasteiger partial charge in [-0.3, -0.25) is 9.35 Å². The first kappa shape index (κ1) is 78.9. The van der Waals surface area contributed by atoms with Crippen LogP contribution in [-0.2, 0) is 28.9 Å². The highest BCUT2D eigenvalue weighted by molar-refractivity contribution is 7.80. The van der Waals surface area contributed by atoms with Crippen LogP contribution in [-0.4, -0.2) is 95.4 Å². The van der Waals surface area contributed by atoms with Gasteiger partial charge in [-0.05, 0) is 38.5 Å². The maximum atomic E-state index is 13.2. The molecule has 0 aliphatic carbocycles. The predicted molar refractivity (Wildman–Crippen MR) is 342 cm³/mol. The third kappa shape index (κ3) is 49.9. The van der Waals surface area contributed by atoms with Crippen molar-refractivity contribution >= 4 is 16.3 Å². The van der Waals surface area contributed by atoms with Gasteiger partial charge in [0.05, 0.1) is 25.4 Å². The van der Waals surface area contributed by atoms with Gasteiger partial charge in [0.15, 0.2) is 6.29 Å². The fourth-order valence-electron chi connectivity index (χ4n) is 11.9. The molecular weight excluding hydrogens is 1050 g/mol. The van der Waals surface area contributed by atoms with Crippen molar-refractivity contribution in [1.82, 2.24) is 5.32 Å². The van der Waals surface area contributed by atoms with Gasteiger partial charge in [0.1, 0.15) is 24.4 Å². The van der Waals surface area contributed by atoms with Gasteiger partial charge in [0.25, 0.3) is 0 Å². The van der Waals surface area contributed by atoms with E-state index in [2.05, 4.69) is 35.5 Å². The Balaban J connectivity index is 2.22. The average Bonchev–Trinajstić information content (AvgIpc) is 3.60. The Morgan fingerprint density at radius 1 is 0.476 bits per heavy atom. The molecule has 1 aliphatic rings. The highest BCUT2D eigenvalue weighted by Gasteiger charge is 2.48. The van der Waals surface area contributed by atoms with Crippen molar-refractivity contribution in [3.63, 3.8) is 0 Å². The minimum absolute atomic E-state index is 0.221. The van der Waals surface area contributed by atoms with Crippen LogP contribution in [0, 0.1) is 0 Å². The van der Waals surface area contributed by atoms with Crippen LogP contribution < -0.4 is 5.32 Å². The Bertz CT molecular complexity index is 1490. The zero-order valence-corrected chi connectivity index (χ0v) is 54.4. The molecule has 1 fully saturated rings. The number of carbonyl (C=O) groups excluding carboxylic acids is 1. The summed E-state index contributed by atoms with van der Waals surface area (Å²) in [6.07, 6.45) is 65.3. The molecule has 0 spiro atoms. The quantitative estimate of drug-likeness (QED) is 0.0193. The van der Waals surface area contributed by atoms with Gasteiger partial charge in [0, 0.05) is 6.42 Å². The number of rotatable bonds is 64. The van der Waals surface area contributed by atoms with E-state index in [9.17, 15) is 38.2 Å². The average molecular weight is 1190 g/mol. The number of allylic oxidation sites excluding steroid dienone is 2. The zero-order chi connectivity index (χ0) is 59.7. The lowest BCUT2D eigenvalue weighted by Gasteiger charge is -2.41. The molecule has 6 N–H and O–H groups in total. The van der Waals surface area contributed by atoms with Crippen molar-refractivity contribution in [1.29, 1.82) is 0 Å². The third-order valence-electron chi connectivity index (χ3n) is 17.3. The van der Waals surface area contributed by atoms with Gasteiger partial charge in [0.2, 0.25) is 5.91 Å². The summed E-state index contributed by atoms with van der Waals surface area (Å²) >= 11 is 0. The molecule has 1 heterocycles.